The number of aromatic nitrogens is 1. The Balaban J connectivity index is 1.41. The maximum absolute atomic E-state index is 13.2. The highest BCUT2D eigenvalue weighted by molar-refractivity contribution is 7.92. The van der Waals surface area contributed by atoms with E-state index in [-0.39, 0.29) is 22.7 Å². The van der Waals surface area contributed by atoms with Crippen LogP contribution in [0.2, 0.25) is 0 Å². The van der Waals surface area contributed by atoms with Gasteiger partial charge in [-0.25, -0.2) is 13.2 Å². The molecule has 0 saturated carbocycles. The zero-order chi connectivity index (χ0) is 29.9. The molecule has 0 radical (unpaired) electrons. The van der Waals surface area contributed by atoms with E-state index >= 15 is 0 Å². The minimum absolute atomic E-state index is 0.0881. The first-order chi connectivity index (χ1) is 20.0. The smallest absolute Gasteiger partial charge is 0.414 e. The lowest BCUT2D eigenvalue weighted by Gasteiger charge is -2.19. The molecular weight excluding hydrogens is 550 g/mol. The van der Waals surface area contributed by atoms with Gasteiger partial charge in [-0.15, -0.1) is 0 Å². The third kappa shape index (κ3) is 6.42. The van der Waals surface area contributed by atoms with Crippen LogP contribution in [0.3, 0.4) is 0 Å². The first-order valence-electron chi connectivity index (χ1n) is 13.5. The van der Waals surface area contributed by atoms with E-state index in [0.717, 1.165) is 22.4 Å². The number of aromatic amines is 1. The number of carbonyl (C=O) groups excluding carboxylic acids is 1. The number of ether oxygens (including phenoxy) is 2. The summed E-state index contributed by atoms with van der Waals surface area (Å²) in [6.07, 6.45) is -0.630. The van der Waals surface area contributed by atoms with Crippen molar-refractivity contribution >= 4 is 32.7 Å². The van der Waals surface area contributed by atoms with Gasteiger partial charge in [0.15, 0.2) is 0 Å². The number of benzene rings is 4. The van der Waals surface area contributed by atoms with E-state index in [1.807, 2.05) is 66.7 Å². The van der Waals surface area contributed by atoms with Gasteiger partial charge in [-0.3, -0.25) is 4.72 Å². The molecule has 1 amide bonds. The number of amides is 1. The molecule has 1 heterocycles. The van der Waals surface area contributed by atoms with Crippen LogP contribution < -0.4 is 19.5 Å². The Morgan fingerprint density at radius 1 is 0.881 bits per heavy atom. The third-order valence-corrected chi connectivity index (χ3v) is 8.30. The summed E-state index contributed by atoms with van der Waals surface area (Å²) in [5.41, 5.74) is 4.36. The van der Waals surface area contributed by atoms with E-state index in [1.54, 1.807) is 37.4 Å². The number of carbonyl (C=O) groups is 1. The van der Waals surface area contributed by atoms with Crippen molar-refractivity contribution in [3.05, 3.63) is 108 Å². The number of nitrogens with one attached hydrogen (secondary N) is 3. The summed E-state index contributed by atoms with van der Waals surface area (Å²) in [4.78, 5) is 16.1. The fourth-order valence-electron chi connectivity index (χ4n) is 4.59. The zero-order valence-electron chi connectivity index (χ0n) is 23.9. The van der Waals surface area contributed by atoms with Gasteiger partial charge in [0.05, 0.1) is 17.6 Å². The molecule has 1 aromatic heterocycles. The number of sulfonamides is 1. The summed E-state index contributed by atoms with van der Waals surface area (Å²) in [6.45, 7) is 6.50. The van der Waals surface area contributed by atoms with Crippen molar-refractivity contribution in [2.75, 3.05) is 11.8 Å². The van der Waals surface area contributed by atoms with Gasteiger partial charge >= 0.3 is 6.09 Å². The SMILES string of the molecule is COc1ccc(CNC(=O)Oc2[nH]c3ccc(NS(=O)(=O)c4ccc(C(C)(C)C)cc4)cc3c2-c2ccccc2)cc1. The van der Waals surface area contributed by atoms with Gasteiger partial charge in [0.1, 0.15) is 5.75 Å². The number of hydrogen-bond donors (Lipinski definition) is 3. The van der Waals surface area contributed by atoms with Crippen LogP contribution >= 0.6 is 0 Å². The summed E-state index contributed by atoms with van der Waals surface area (Å²) in [7, 11) is -2.24. The Labute approximate surface area is 245 Å². The number of anilines is 1. The predicted octanol–water partition coefficient (Wildman–Crippen LogP) is 7.23. The first-order valence-corrected chi connectivity index (χ1v) is 14.9. The maximum atomic E-state index is 13.2. The molecule has 4 aromatic carbocycles. The summed E-state index contributed by atoms with van der Waals surface area (Å²) < 4.78 is 40.0. The van der Waals surface area contributed by atoms with E-state index in [1.165, 1.54) is 0 Å². The third-order valence-electron chi connectivity index (χ3n) is 6.90. The number of hydrogen-bond acceptors (Lipinski definition) is 5. The Morgan fingerprint density at radius 2 is 1.57 bits per heavy atom. The highest BCUT2D eigenvalue weighted by Crippen LogP contribution is 2.39. The molecule has 0 aliphatic rings. The van der Waals surface area contributed by atoms with Crippen LogP contribution in [0.5, 0.6) is 11.6 Å². The molecule has 0 fully saturated rings. The minimum atomic E-state index is -3.84. The molecule has 5 rings (SSSR count). The molecule has 0 aliphatic carbocycles. The van der Waals surface area contributed by atoms with Gasteiger partial charge in [-0.1, -0.05) is 75.4 Å². The highest BCUT2D eigenvalue weighted by Gasteiger charge is 2.21. The molecule has 216 valence electrons. The van der Waals surface area contributed by atoms with Crippen LogP contribution in [-0.4, -0.2) is 26.6 Å². The van der Waals surface area contributed by atoms with E-state index in [4.69, 9.17) is 9.47 Å². The molecule has 3 N–H and O–H groups in total. The average molecular weight is 584 g/mol. The molecular formula is C33H33N3O5S. The van der Waals surface area contributed by atoms with Crippen molar-refractivity contribution in [3.8, 4) is 22.8 Å². The monoisotopic (exact) mass is 583 g/mol. The van der Waals surface area contributed by atoms with Crippen LogP contribution in [0.15, 0.2) is 102 Å². The Bertz CT molecular complexity index is 1810. The van der Waals surface area contributed by atoms with Crippen LogP contribution in [0.4, 0.5) is 10.5 Å². The Hall–Kier alpha value is -4.76. The lowest BCUT2D eigenvalue weighted by atomic mass is 9.87. The summed E-state index contributed by atoms with van der Waals surface area (Å²) in [6, 6.07) is 28.9. The standard InChI is InChI=1S/C33H33N3O5S/c1-33(2,3)24-12-17-27(18-13-24)42(38,39)36-25-14-19-29-28(20-25)30(23-8-6-5-7-9-23)31(35-29)41-32(37)34-21-22-10-15-26(40-4)16-11-22/h5-20,35-36H,21H2,1-4H3,(H,34,37). The van der Waals surface area contributed by atoms with Crippen LogP contribution in [0.25, 0.3) is 22.0 Å². The number of methoxy groups -OCH3 is 1. The fraction of sp³-hybridized carbons (Fsp3) is 0.182. The first kappa shape index (κ1) is 28.8. The topological polar surface area (TPSA) is 110 Å². The molecule has 5 aromatic rings. The maximum Gasteiger partial charge on any atom is 0.414 e. The number of rotatable bonds is 8. The molecule has 0 bridgehead atoms. The number of H-pyrrole nitrogens is 1. The molecule has 8 nitrogen and oxygen atoms in total. The normalized spacial score (nSPS) is 11.7. The van der Waals surface area contributed by atoms with Crippen molar-refractivity contribution in [2.24, 2.45) is 0 Å². The van der Waals surface area contributed by atoms with Crippen molar-refractivity contribution < 1.29 is 22.7 Å². The highest BCUT2D eigenvalue weighted by atomic mass is 32.2. The number of fused-ring (bicyclic) bond motifs is 1. The molecule has 42 heavy (non-hydrogen) atoms. The molecule has 0 atom stereocenters. The molecule has 0 spiro atoms. The Morgan fingerprint density at radius 3 is 2.21 bits per heavy atom. The van der Waals surface area contributed by atoms with Gasteiger partial charge < -0.3 is 19.8 Å². The lowest BCUT2D eigenvalue weighted by Crippen LogP contribution is -2.26. The van der Waals surface area contributed by atoms with Crippen molar-refractivity contribution in [1.29, 1.82) is 0 Å². The van der Waals surface area contributed by atoms with E-state index in [0.29, 0.717) is 22.2 Å². The molecule has 0 aliphatic heterocycles. The van der Waals surface area contributed by atoms with Crippen LogP contribution in [0.1, 0.15) is 31.9 Å². The van der Waals surface area contributed by atoms with Gasteiger partial charge in [0.25, 0.3) is 10.0 Å². The minimum Gasteiger partial charge on any atom is -0.497 e. The molecule has 0 unspecified atom stereocenters. The van der Waals surface area contributed by atoms with Gasteiger partial charge in [-0.05, 0) is 64.6 Å². The summed E-state index contributed by atoms with van der Waals surface area (Å²) >= 11 is 0. The van der Waals surface area contributed by atoms with Gasteiger partial charge in [-0.2, -0.15) is 0 Å². The second-order valence-corrected chi connectivity index (χ2v) is 12.6. The largest absolute Gasteiger partial charge is 0.497 e. The molecule has 9 heteroatoms. The van der Waals surface area contributed by atoms with Crippen molar-refractivity contribution in [3.63, 3.8) is 0 Å². The predicted molar refractivity (Wildman–Crippen MR) is 166 cm³/mol. The second-order valence-electron chi connectivity index (χ2n) is 10.9. The summed E-state index contributed by atoms with van der Waals surface area (Å²) in [5.74, 6) is 0.980. The molecule has 0 saturated heterocycles. The zero-order valence-corrected chi connectivity index (χ0v) is 24.7. The lowest BCUT2D eigenvalue weighted by molar-refractivity contribution is 0.198. The average Bonchev–Trinajstić information content (AvgIpc) is 3.33. The van der Waals surface area contributed by atoms with E-state index in [9.17, 15) is 13.2 Å². The van der Waals surface area contributed by atoms with Crippen LogP contribution in [-0.2, 0) is 22.0 Å². The van der Waals surface area contributed by atoms with Gasteiger partial charge in [0.2, 0.25) is 5.88 Å². The van der Waals surface area contributed by atoms with Crippen LogP contribution in [0, 0.1) is 0 Å². The van der Waals surface area contributed by atoms with E-state index in [2.05, 4.69) is 35.8 Å². The van der Waals surface area contributed by atoms with Crippen molar-refractivity contribution in [2.45, 2.75) is 37.6 Å². The van der Waals surface area contributed by atoms with Crippen molar-refractivity contribution in [1.82, 2.24) is 10.3 Å². The quantitative estimate of drug-likeness (QED) is 0.179. The second kappa shape index (κ2) is 11.6. The summed E-state index contributed by atoms with van der Waals surface area (Å²) in [5, 5.41) is 3.46. The van der Waals surface area contributed by atoms with E-state index < -0.39 is 16.1 Å². The fourth-order valence-corrected chi connectivity index (χ4v) is 5.64. The van der Waals surface area contributed by atoms with Gasteiger partial charge in [0, 0.05) is 23.1 Å². The Kier molecular flexibility index (Phi) is 7.95.